The van der Waals surface area contributed by atoms with Crippen molar-refractivity contribution in [2.75, 3.05) is 18.6 Å². The number of primary amides is 4. The topological polar surface area (TPSA) is 590 Å². The van der Waals surface area contributed by atoms with Crippen molar-refractivity contribution >= 4 is 100 Å². The van der Waals surface area contributed by atoms with E-state index in [0.29, 0.717) is 12.8 Å². The lowest BCUT2D eigenvalue weighted by atomic mass is 9.98. The Morgan fingerprint density at radius 3 is 1.33 bits per heavy atom. The van der Waals surface area contributed by atoms with Crippen molar-refractivity contribution in [2.24, 2.45) is 46.2 Å². The molecule has 0 aliphatic heterocycles. The van der Waals surface area contributed by atoms with Crippen LogP contribution in [-0.2, 0) is 78.3 Å². The van der Waals surface area contributed by atoms with Crippen LogP contribution in [0.3, 0.4) is 0 Å². The van der Waals surface area contributed by atoms with Crippen LogP contribution in [0, 0.1) is 11.8 Å². The van der Waals surface area contributed by atoms with Gasteiger partial charge < -0.3 is 97.5 Å². The number of carboxylic acid groups (broad SMARTS) is 2. The van der Waals surface area contributed by atoms with Crippen molar-refractivity contribution in [3.63, 3.8) is 0 Å². The summed E-state index contributed by atoms with van der Waals surface area (Å²) in [5.41, 5.74) is 33.5. The van der Waals surface area contributed by atoms with E-state index in [1.807, 2.05) is 5.32 Å². The highest BCUT2D eigenvalue weighted by Gasteiger charge is 2.37. The Morgan fingerprint density at radius 2 is 0.929 bits per heavy atom. The number of nitrogens with one attached hydrogen (secondary N) is 10. The van der Waals surface area contributed by atoms with E-state index in [2.05, 4.69) is 52.5 Å². The molecule has 1 aromatic rings. The van der Waals surface area contributed by atoms with Crippen LogP contribution in [0.25, 0.3) is 0 Å². The highest BCUT2D eigenvalue weighted by Crippen LogP contribution is 2.13. The van der Waals surface area contributed by atoms with Gasteiger partial charge in [-0.2, -0.15) is 11.8 Å². The summed E-state index contributed by atoms with van der Waals surface area (Å²) in [6.07, 6.45) is -0.132. The molecule has 1 heterocycles. The molecule has 0 bridgehead atoms. The Morgan fingerprint density at radius 1 is 0.529 bits per heavy atom. The Labute approximate surface area is 493 Å². The van der Waals surface area contributed by atoms with Gasteiger partial charge in [0.05, 0.1) is 38.1 Å². The van der Waals surface area contributed by atoms with Crippen molar-refractivity contribution < 1.29 is 82.1 Å². The molecule has 0 aromatic carbocycles. The molecule has 1 aromatic heterocycles. The van der Waals surface area contributed by atoms with Gasteiger partial charge in [-0.3, -0.25) is 67.1 Å². The van der Waals surface area contributed by atoms with Gasteiger partial charge >= 0.3 is 11.9 Å². The lowest BCUT2D eigenvalue weighted by Gasteiger charge is -2.28. The van der Waals surface area contributed by atoms with Crippen LogP contribution in [0.2, 0.25) is 0 Å². The summed E-state index contributed by atoms with van der Waals surface area (Å²) in [5, 5.41) is 39.8. The van der Waals surface area contributed by atoms with Gasteiger partial charge in [0.15, 0.2) is 0 Å². The van der Waals surface area contributed by atoms with Gasteiger partial charge in [-0.25, -0.2) is 9.78 Å². The smallest absolute Gasteiger partial charge is 0.326 e. The average Bonchev–Trinajstić information content (AvgIpc) is 4.10. The van der Waals surface area contributed by atoms with Gasteiger partial charge in [0, 0.05) is 24.7 Å². The van der Waals surface area contributed by atoms with E-state index in [0.717, 1.165) is 0 Å². The normalized spacial score (nSPS) is 14.9. The predicted molar refractivity (Wildman–Crippen MR) is 302 cm³/mol. The second-order valence-electron chi connectivity index (χ2n) is 20.4. The van der Waals surface area contributed by atoms with Gasteiger partial charge in [-0.05, 0) is 68.9 Å². The Kier molecular flexibility index (Phi) is 33.7. The first-order valence-corrected chi connectivity index (χ1v) is 28.5. The zero-order valence-electron chi connectivity index (χ0n) is 48.0. The number of unbranched alkanes of at least 4 members (excludes halogenated alkanes) is 1. The molecular formula is C50H83N17O17S. The first-order valence-electron chi connectivity index (χ1n) is 27.1. The molecule has 13 amide bonds. The molecular weight excluding hydrogens is 1140 g/mol. The van der Waals surface area contributed by atoms with Crippen LogP contribution in [0.1, 0.15) is 110 Å². The van der Waals surface area contributed by atoms with Gasteiger partial charge in [0.2, 0.25) is 76.8 Å². The fraction of sp³-hybridized carbons (Fsp3) is 0.640. The summed E-state index contributed by atoms with van der Waals surface area (Å²) in [7, 11) is 0. The SMILES string of the molecule is CC[C@H](C)[C@H](N)C(=O)N[C@@H](CC(N)=O)C(=O)N[C@@H](CCC(N)=O)C(=O)N[C@@H](Cc1cnc[nH]1)C(=O)N[C@@H](CC(C)C)C(=O)N[C@@H](CCSC)C(=O)N[C@@H](CC(N)=O)C(=O)N[C@@H](CC(N)=O)C(=O)N[C@@H](CCCCN)C(=O)N[C@@H](CC(=O)O)C(=O)O. The van der Waals surface area contributed by atoms with Gasteiger partial charge in [-0.1, -0.05) is 34.1 Å². The van der Waals surface area contributed by atoms with E-state index in [9.17, 15) is 77.0 Å². The minimum Gasteiger partial charge on any atom is -0.481 e. The largest absolute Gasteiger partial charge is 0.481 e. The van der Waals surface area contributed by atoms with E-state index in [1.165, 1.54) is 24.3 Å². The number of imidazole rings is 1. The summed E-state index contributed by atoms with van der Waals surface area (Å²) in [6.45, 7) is 6.98. The number of amides is 13. The predicted octanol–water partition coefficient (Wildman–Crippen LogP) is -6.93. The third-order valence-electron chi connectivity index (χ3n) is 12.8. The number of aromatic nitrogens is 2. The van der Waals surface area contributed by atoms with Gasteiger partial charge in [-0.15, -0.1) is 0 Å². The van der Waals surface area contributed by atoms with Crippen molar-refractivity contribution in [1.82, 2.24) is 57.8 Å². The molecule has 0 fully saturated rings. The number of hydrogen-bond donors (Lipinski definition) is 18. The fourth-order valence-corrected chi connectivity index (χ4v) is 8.39. The number of rotatable bonds is 43. The summed E-state index contributed by atoms with van der Waals surface area (Å²) in [6, 6.07) is -16.4. The van der Waals surface area contributed by atoms with Crippen molar-refractivity contribution in [3.05, 3.63) is 18.2 Å². The quantitative estimate of drug-likeness (QED) is 0.0270. The maximum absolute atomic E-state index is 14.4. The molecule has 0 spiro atoms. The number of carbonyl (C=O) groups is 15. The molecule has 0 aliphatic rings. The molecule has 476 valence electrons. The third-order valence-corrected chi connectivity index (χ3v) is 13.4. The lowest BCUT2D eigenvalue weighted by Crippen LogP contribution is -2.61. The second kappa shape index (κ2) is 38.4. The number of H-pyrrole nitrogens is 1. The molecule has 34 nitrogen and oxygen atoms in total. The average molecular weight is 1230 g/mol. The van der Waals surface area contributed by atoms with E-state index in [-0.39, 0.29) is 61.9 Å². The number of nitrogens with two attached hydrogens (primary N) is 6. The first kappa shape index (κ1) is 74.5. The molecule has 0 aliphatic carbocycles. The molecule has 1 rings (SSSR count). The zero-order valence-corrected chi connectivity index (χ0v) is 48.8. The standard InChI is InChI=1S/C50H83N17O17S/c1-6-24(4)40(56)49(82)66-33(19-38(55)71)47(80)60-27(10-11-35(52)68)42(75)63-30(16-25-21-57-22-58-25)45(78)62-29(15-23(2)3)44(77)61-28(12-14-85-5)43(76)64-32(18-37(54)70)48(81)65-31(17-36(53)69)46(79)59-26(9-7-8-13-51)41(74)67-34(50(83)84)20-39(72)73/h21-24,26-34,40H,6-20,51,56H2,1-5H3,(H2,52,68)(H2,53,69)(H2,54,70)(H2,55,71)(H,57,58)(H,59,79)(H,60,80)(H,61,77)(H,62,78)(H,63,75)(H,64,76)(H,65,81)(H,66,82)(H,67,74)(H,72,73)(H,83,84)/t24-,26-,27-,28-,29-,30-,31-,32-,33-,34-,40-/m0/s1. The van der Waals surface area contributed by atoms with Crippen LogP contribution in [0.15, 0.2) is 12.5 Å². The fourth-order valence-electron chi connectivity index (χ4n) is 7.91. The second-order valence-corrected chi connectivity index (χ2v) is 21.4. The number of aliphatic carboxylic acids is 2. The Balaban J connectivity index is 3.62. The van der Waals surface area contributed by atoms with E-state index >= 15 is 0 Å². The van der Waals surface area contributed by atoms with Crippen molar-refractivity contribution in [2.45, 2.75) is 172 Å². The van der Waals surface area contributed by atoms with Gasteiger partial charge in [0.25, 0.3) is 0 Å². The van der Waals surface area contributed by atoms with Crippen LogP contribution in [-0.4, -0.2) is 188 Å². The van der Waals surface area contributed by atoms with Crippen molar-refractivity contribution in [3.8, 4) is 0 Å². The summed E-state index contributed by atoms with van der Waals surface area (Å²) in [4.78, 5) is 203. The number of carbonyl (C=O) groups excluding carboxylic acids is 13. The molecule has 0 unspecified atom stereocenters. The third kappa shape index (κ3) is 29.1. The maximum atomic E-state index is 14.4. The van der Waals surface area contributed by atoms with E-state index in [4.69, 9.17) is 39.5 Å². The highest BCUT2D eigenvalue weighted by atomic mass is 32.2. The highest BCUT2D eigenvalue weighted by molar-refractivity contribution is 7.98. The Hall–Kier alpha value is -8.47. The number of hydrogen-bond acceptors (Lipinski definition) is 19. The summed E-state index contributed by atoms with van der Waals surface area (Å²) in [5.74, 6) is -17.8. The number of nitrogens with zero attached hydrogens (tertiary/aromatic N) is 1. The van der Waals surface area contributed by atoms with Crippen LogP contribution >= 0.6 is 11.8 Å². The monoisotopic (exact) mass is 1230 g/mol. The molecule has 35 heteroatoms. The minimum atomic E-state index is -1.93. The van der Waals surface area contributed by atoms with E-state index < -0.39 is 188 Å². The van der Waals surface area contributed by atoms with Crippen LogP contribution < -0.4 is 82.3 Å². The van der Waals surface area contributed by atoms with E-state index in [1.54, 1.807) is 34.0 Å². The first-order chi connectivity index (χ1) is 39.8. The molecule has 0 saturated heterocycles. The molecule has 24 N–H and O–H groups in total. The van der Waals surface area contributed by atoms with Crippen molar-refractivity contribution in [1.29, 1.82) is 0 Å². The number of thioether (sulfide) groups is 1. The molecule has 11 atom stereocenters. The maximum Gasteiger partial charge on any atom is 0.326 e. The number of aromatic amines is 1. The van der Waals surface area contributed by atoms with Crippen LogP contribution in [0.4, 0.5) is 0 Å². The summed E-state index contributed by atoms with van der Waals surface area (Å²) >= 11 is 1.23. The Bertz CT molecular complexity index is 2500. The van der Waals surface area contributed by atoms with Crippen LogP contribution in [0.5, 0.6) is 0 Å². The minimum absolute atomic E-state index is 0.0991. The zero-order chi connectivity index (χ0) is 64.7. The molecule has 85 heavy (non-hydrogen) atoms. The molecule has 0 saturated carbocycles. The lowest BCUT2D eigenvalue weighted by molar-refractivity contribution is -0.147. The number of carboxylic acids is 2. The summed E-state index contributed by atoms with van der Waals surface area (Å²) < 4.78 is 0. The van der Waals surface area contributed by atoms with Gasteiger partial charge in [0.1, 0.15) is 54.4 Å². The molecule has 0 radical (unpaired) electrons.